The number of hydrogen-bond donors (Lipinski definition) is 2. The third-order valence-corrected chi connectivity index (χ3v) is 5.68. The van der Waals surface area contributed by atoms with Crippen LogP contribution < -0.4 is 15.0 Å². The summed E-state index contributed by atoms with van der Waals surface area (Å²) in [6.07, 6.45) is 11.3. The Balaban J connectivity index is 2.01. The van der Waals surface area contributed by atoms with Gasteiger partial charge in [0, 0.05) is 25.7 Å². The van der Waals surface area contributed by atoms with E-state index in [2.05, 4.69) is 30.1 Å². The maximum atomic E-state index is 12.3. The molecule has 180 valence electrons. The van der Waals surface area contributed by atoms with Crippen LogP contribution in [0.15, 0.2) is 48.5 Å². The highest BCUT2D eigenvalue weighted by molar-refractivity contribution is 5.91. The third-order valence-electron chi connectivity index (χ3n) is 5.68. The average molecular weight is 453 g/mol. The summed E-state index contributed by atoms with van der Waals surface area (Å²) >= 11 is 0. The van der Waals surface area contributed by atoms with Crippen molar-refractivity contribution < 1.29 is 14.6 Å². The van der Waals surface area contributed by atoms with Gasteiger partial charge in [0.05, 0.1) is 12.8 Å². The van der Waals surface area contributed by atoms with Crippen LogP contribution in [0.5, 0.6) is 11.5 Å². The fourth-order valence-electron chi connectivity index (χ4n) is 3.74. The summed E-state index contributed by atoms with van der Waals surface area (Å²) < 4.78 is 5.66. The number of benzene rings is 2. The minimum absolute atomic E-state index is 0.117. The van der Waals surface area contributed by atoms with E-state index in [1.54, 1.807) is 25.3 Å². The van der Waals surface area contributed by atoms with Gasteiger partial charge in [-0.25, -0.2) is 0 Å². The molecular formula is C28H40N2O3. The quantitative estimate of drug-likeness (QED) is 0.259. The van der Waals surface area contributed by atoms with Crippen LogP contribution in [0.3, 0.4) is 0 Å². The highest BCUT2D eigenvalue weighted by Gasteiger charge is 2.12. The Morgan fingerprint density at radius 1 is 1.00 bits per heavy atom. The van der Waals surface area contributed by atoms with E-state index in [4.69, 9.17) is 4.74 Å². The number of carbonyl (C=O) groups excluding carboxylic acids is 1. The lowest BCUT2D eigenvalue weighted by Gasteiger charge is -2.27. The van der Waals surface area contributed by atoms with Crippen LogP contribution in [0.1, 0.15) is 63.5 Å². The number of nitrogens with zero attached hydrogens (tertiary/aromatic N) is 1. The lowest BCUT2D eigenvalue weighted by Crippen LogP contribution is -2.26. The van der Waals surface area contributed by atoms with Crippen molar-refractivity contribution in [2.45, 2.75) is 58.8 Å². The predicted molar refractivity (Wildman–Crippen MR) is 138 cm³/mol. The lowest BCUT2D eigenvalue weighted by molar-refractivity contribution is -0.116. The minimum atomic E-state index is -0.117. The zero-order valence-corrected chi connectivity index (χ0v) is 20.5. The number of nitrogens with one attached hydrogen (secondary N) is 1. The van der Waals surface area contributed by atoms with Crippen molar-refractivity contribution in [2.75, 3.05) is 31.6 Å². The molecule has 2 aromatic rings. The normalized spacial score (nSPS) is 11.0. The van der Waals surface area contributed by atoms with Crippen molar-refractivity contribution in [1.29, 1.82) is 0 Å². The smallest absolute Gasteiger partial charge is 0.244 e. The largest absolute Gasteiger partial charge is 0.508 e. The van der Waals surface area contributed by atoms with Crippen LogP contribution in [0.4, 0.5) is 5.69 Å². The van der Waals surface area contributed by atoms with Gasteiger partial charge in [0.25, 0.3) is 0 Å². The van der Waals surface area contributed by atoms with Crippen LogP contribution in [0, 0.1) is 0 Å². The van der Waals surface area contributed by atoms with Crippen molar-refractivity contribution in [3.63, 3.8) is 0 Å². The Hall–Kier alpha value is -2.95. The molecule has 2 N–H and O–H groups in total. The molecule has 0 aliphatic carbocycles. The van der Waals surface area contributed by atoms with E-state index in [9.17, 15) is 9.90 Å². The number of phenols is 1. The van der Waals surface area contributed by atoms with Gasteiger partial charge in [-0.15, -0.1) is 0 Å². The molecule has 0 fully saturated rings. The summed E-state index contributed by atoms with van der Waals surface area (Å²) in [6, 6.07) is 13.1. The Morgan fingerprint density at radius 3 is 2.27 bits per heavy atom. The molecule has 2 rings (SSSR count). The standard InChI is InChI=1S/C28H40N2O3/c1-4-6-8-20-30(21-9-7-5-2)26-22-24(12-16-27(26)33-3)13-17-28(32)29-19-18-23-10-14-25(31)15-11-23/h10-17,22,31H,4-9,18-21H2,1-3H3,(H,29,32)/b17-13+. The number of unbranched alkanes of at least 4 members (excludes halogenated alkanes) is 4. The first-order valence-corrected chi connectivity index (χ1v) is 12.2. The van der Waals surface area contributed by atoms with Crippen molar-refractivity contribution in [2.24, 2.45) is 0 Å². The molecule has 0 atom stereocenters. The predicted octanol–water partition coefficient (Wildman–Crippen LogP) is 5.96. The van der Waals surface area contributed by atoms with Gasteiger partial charge in [0.1, 0.15) is 11.5 Å². The van der Waals surface area contributed by atoms with E-state index in [-0.39, 0.29) is 11.7 Å². The highest BCUT2D eigenvalue weighted by Crippen LogP contribution is 2.30. The Labute approximate surface area is 199 Å². The topological polar surface area (TPSA) is 61.8 Å². The molecule has 0 aliphatic heterocycles. The number of carbonyl (C=O) groups is 1. The summed E-state index contributed by atoms with van der Waals surface area (Å²) in [6.45, 7) is 7.02. The van der Waals surface area contributed by atoms with Crippen molar-refractivity contribution in [1.82, 2.24) is 5.32 Å². The van der Waals surface area contributed by atoms with Crippen LogP contribution in [-0.2, 0) is 11.2 Å². The molecule has 0 saturated carbocycles. The first-order chi connectivity index (χ1) is 16.1. The molecule has 0 spiro atoms. The maximum Gasteiger partial charge on any atom is 0.244 e. The van der Waals surface area contributed by atoms with E-state index in [0.717, 1.165) is 54.9 Å². The monoisotopic (exact) mass is 452 g/mol. The Bertz CT molecular complexity index is 852. The van der Waals surface area contributed by atoms with Crippen molar-refractivity contribution >= 4 is 17.7 Å². The summed E-state index contributed by atoms with van der Waals surface area (Å²) in [5, 5.41) is 12.3. The lowest BCUT2D eigenvalue weighted by atomic mass is 10.1. The molecule has 0 aromatic heterocycles. The molecule has 1 amide bonds. The minimum Gasteiger partial charge on any atom is -0.508 e. The van der Waals surface area contributed by atoms with Gasteiger partial charge in [-0.05, 0) is 60.7 Å². The third kappa shape index (κ3) is 9.60. The van der Waals surface area contributed by atoms with Gasteiger partial charge in [0.15, 0.2) is 0 Å². The second-order valence-electron chi connectivity index (χ2n) is 8.37. The van der Waals surface area contributed by atoms with Gasteiger partial charge in [-0.2, -0.15) is 0 Å². The van der Waals surface area contributed by atoms with E-state index < -0.39 is 0 Å². The van der Waals surface area contributed by atoms with E-state index in [1.165, 1.54) is 25.7 Å². The molecule has 33 heavy (non-hydrogen) atoms. The maximum absolute atomic E-state index is 12.3. The molecule has 0 radical (unpaired) electrons. The molecule has 0 heterocycles. The van der Waals surface area contributed by atoms with Crippen LogP contribution in [0.25, 0.3) is 6.08 Å². The Kier molecular flexibility index (Phi) is 11.9. The second-order valence-corrected chi connectivity index (χ2v) is 8.37. The van der Waals surface area contributed by atoms with Crippen molar-refractivity contribution in [3.05, 3.63) is 59.7 Å². The number of phenolic OH excluding ortho intramolecular Hbond substituents is 1. The molecular weight excluding hydrogens is 412 g/mol. The van der Waals surface area contributed by atoms with Crippen molar-refractivity contribution in [3.8, 4) is 11.5 Å². The SMILES string of the molecule is CCCCCN(CCCCC)c1cc(/C=C/C(=O)NCCc2ccc(O)cc2)ccc1OC. The van der Waals surface area contributed by atoms with Crippen LogP contribution >= 0.6 is 0 Å². The van der Waals surface area contributed by atoms with Gasteiger partial charge < -0.3 is 20.1 Å². The first-order valence-electron chi connectivity index (χ1n) is 12.2. The second kappa shape index (κ2) is 15.0. The molecule has 0 unspecified atom stereocenters. The fourth-order valence-corrected chi connectivity index (χ4v) is 3.74. The van der Waals surface area contributed by atoms with Crippen LogP contribution in [-0.4, -0.2) is 37.8 Å². The van der Waals surface area contributed by atoms with Gasteiger partial charge in [-0.1, -0.05) is 57.7 Å². The van der Waals surface area contributed by atoms with E-state index in [0.29, 0.717) is 6.54 Å². The average Bonchev–Trinajstić information content (AvgIpc) is 2.83. The zero-order chi connectivity index (χ0) is 23.9. The number of anilines is 1. The van der Waals surface area contributed by atoms with E-state index in [1.807, 2.05) is 30.3 Å². The summed E-state index contributed by atoms with van der Waals surface area (Å²) in [5.41, 5.74) is 3.15. The first kappa shape index (κ1) is 26.3. The number of aromatic hydroxyl groups is 1. The van der Waals surface area contributed by atoms with Gasteiger partial charge in [0.2, 0.25) is 5.91 Å². The van der Waals surface area contributed by atoms with Gasteiger partial charge >= 0.3 is 0 Å². The van der Waals surface area contributed by atoms with E-state index >= 15 is 0 Å². The molecule has 2 aromatic carbocycles. The summed E-state index contributed by atoms with van der Waals surface area (Å²) in [5.74, 6) is 1.01. The molecule has 0 saturated heterocycles. The van der Waals surface area contributed by atoms with Crippen LogP contribution in [0.2, 0.25) is 0 Å². The highest BCUT2D eigenvalue weighted by atomic mass is 16.5. The fraction of sp³-hybridized carbons (Fsp3) is 0.464. The number of rotatable bonds is 15. The number of hydrogen-bond acceptors (Lipinski definition) is 4. The van der Waals surface area contributed by atoms with Gasteiger partial charge in [-0.3, -0.25) is 4.79 Å². The number of ether oxygens (including phenoxy) is 1. The zero-order valence-electron chi connectivity index (χ0n) is 20.5. The molecule has 0 bridgehead atoms. The summed E-state index contributed by atoms with van der Waals surface area (Å²) in [7, 11) is 1.71. The number of methoxy groups -OCH3 is 1. The summed E-state index contributed by atoms with van der Waals surface area (Å²) in [4.78, 5) is 14.7. The number of amides is 1. The Morgan fingerprint density at radius 2 is 1.67 bits per heavy atom. The molecule has 5 heteroatoms. The molecule has 0 aliphatic rings. The molecule has 5 nitrogen and oxygen atoms in total.